The summed E-state index contributed by atoms with van der Waals surface area (Å²) in [7, 11) is 0. The Morgan fingerprint density at radius 2 is 1.59 bits per heavy atom. The molecule has 0 aliphatic carbocycles. The fourth-order valence-electron chi connectivity index (χ4n) is 3.60. The van der Waals surface area contributed by atoms with Gasteiger partial charge in [-0.05, 0) is 47.4 Å². The zero-order valence-electron chi connectivity index (χ0n) is 18.8. The molecule has 0 spiro atoms. The predicted molar refractivity (Wildman–Crippen MR) is 133 cm³/mol. The summed E-state index contributed by atoms with van der Waals surface area (Å²) in [5.74, 6) is -0.960. The number of carbonyl (C=O) groups is 3. The van der Waals surface area contributed by atoms with E-state index in [9.17, 15) is 14.4 Å². The molecule has 0 radical (unpaired) electrons. The summed E-state index contributed by atoms with van der Waals surface area (Å²) >= 11 is 6.20. The molecule has 3 amide bonds. The topological polar surface area (TPSA) is 78.5 Å². The van der Waals surface area contributed by atoms with Gasteiger partial charge < -0.3 is 10.6 Å². The molecule has 0 fully saturated rings. The Morgan fingerprint density at radius 3 is 2.26 bits per heavy atom. The van der Waals surface area contributed by atoms with Crippen LogP contribution in [0.5, 0.6) is 0 Å². The minimum Gasteiger partial charge on any atom is -0.350 e. The van der Waals surface area contributed by atoms with Crippen molar-refractivity contribution in [2.75, 3.05) is 10.6 Å². The van der Waals surface area contributed by atoms with Gasteiger partial charge in [0.2, 0.25) is 0 Å². The molecule has 0 bridgehead atoms. The lowest BCUT2D eigenvalue weighted by Crippen LogP contribution is -2.31. The minimum absolute atomic E-state index is 0.00979. The zero-order chi connectivity index (χ0) is 24.2. The van der Waals surface area contributed by atoms with Gasteiger partial charge in [-0.25, -0.2) is 0 Å². The third-order valence-electron chi connectivity index (χ3n) is 5.52. The Labute approximate surface area is 203 Å². The molecule has 1 heterocycles. The summed E-state index contributed by atoms with van der Waals surface area (Å²) in [6, 6.07) is 23.6. The van der Waals surface area contributed by atoms with E-state index in [0.29, 0.717) is 22.9 Å². The Morgan fingerprint density at radius 1 is 0.882 bits per heavy atom. The van der Waals surface area contributed by atoms with Gasteiger partial charge >= 0.3 is 0 Å². The molecule has 172 valence electrons. The van der Waals surface area contributed by atoms with Crippen LogP contribution >= 0.6 is 11.6 Å². The van der Waals surface area contributed by atoms with Crippen LogP contribution in [0.25, 0.3) is 0 Å². The second-order valence-corrected chi connectivity index (χ2v) is 8.69. The summed E-state index contributed by atoms with van der Waals surface area (Å²) in [6.07, 6.45) is 0. The van der Waals surface area contributed by atoms with Crippen LogP contribution in [0.1, 0.15) is 41.3 Å². The number of benzene rings is 3. The van der Waals surface area contributed by atoms with Crippen LogP contribution in [-0.2, 0) is 16.1 Å². The molecule has 2 N–H and O–H groups in total. The molecule has 1 aliphatic rings. The molecule has 3 aromatic carbocycles. The van der Waals surface area contributed by atoms with Crippen LogP contribution in [0.3, 0.4) is 0 Å². The molecule has 1 aliphatic heterocycles. The van der Waals surface area contributed by atoms with Gasteiger partial charge in [-0.1, -0.05) is 74.0 Å². The number of imide groups is 1. The maximum atomic E-state index is 12.9. The Kier molecular flexibility index (Phi) is 6.80. The predicted octanol–water partition coefficient (Wildman–Crippen LogP) is 5.49. The highest BCUT2D eigenvalue weighted by atomic mass is 35.5. The number of anilines is 2. The third-order valence-corrected chi connectivity index (χ3v) is 5.87. The summed E-state index contributed by atoms with van der Waals surface area (Å²) in [5.41, 5.74) is 3.55. The monoisotopic (exact) mass is 473 g/mol. The fourth-order valence-corrected chi connectivity index (χ4v) is 3.83. The lowest BCUT2D eigenvalue weighted by atomic mass is 10.0. The molecule has 6 nitrogen and oxygen atoms in total. The highest BCUT2D eigenvalue weighted by Gasteiger charge is 2.37. The van der Waals surface area contributed by atoms with E-state index >= 15 is 0 Å². The van der Waals surface area contributed by atoms with Gasteiger partial charge in [0.05, 0.1) is 6.54 Å². The lowest BCUT2D eigenvalue weighted by molar-refractivity contribution is -0.138. The van der Waals surface area contributed by atoms with Crippen LogP contribution in [0.2, 0.25) is 0 Å². The number of carbonyl (C=O) groups excluding carboxylic acids is 3. The zero-order valence-corrected chi connectivity index (χ0v) is 19.6. The summed E-state index contributed by atoms with van der Waals surface area (Å²) < 4.78 is 0. The molecule has 0 atom stereocenters. The Balaban J connectivity index is 1.46. The van der Waals surface area contributed by atoms with Crippen molar-refractivity contribution in [2.45, 2.75) is 26.3 Å². The minimum atomic E-state index is -0.559. The van der Waals surface area contributed by atoms with E-state index in [0.717, 1.165) is 10.5 Å². The number of rotatable bonds is 7. The van der Waals surface area contributed by atoms with E-state index in [1.807, 2.05) is 54.6 Å². The van der Waals surface area contributed by atoms with Crippen LogP contribution in [0, 0.1) is 0 Å². The van der Waals surface area contributed by atoms with Crippen molar-refractivity contribution in [3.8, 4) is 0 Å². The first-order chi connectivity index (χ1) is 16.3. The van der Waals surface area contributed by atoms with Crippen molar-refractivity contribution in [1.82, 2.24) is 4.90 Å². The number of amides is 3. The molecule has 34 heavy (non-hydrogen) atoms. The molecule has 4 rings (SSSR count). The summed E-state index contributed by atoms with van der Waals surface area (Å²) in [5, 5.41) is 5.61. The largest absolute Gasteiger partial charge is 0.350 e. The van der Waals surface area contributed by atoms with E-state index in [4.69, 9.17) is 11.6 Å². The standard InChI is InChI=1S/C27H24ClN3O3/c1-17(2)19-11-13-21(14-12-19)30-25(32)20-9-6-10-22(15-20)29-24-23(28)26(33)31(27(24)34)16-18-7-4-3-5-8-18/h3-15,17,29H,16H2,1-2H3,(H,30,32). The van der Waals surface area contributed by atoms with E-state index < -0.39 is 11.8 Å². The van der Waals surface area contributed by atoms with Crippen LogP contribution in [0.4, 0.5) is 11.4 Å². The van der Waals surface area contributed by atoms with Crippen molar-refractivity contribution in [2.24, 2.45) is 0 Å². The third kappa shape index (κ3) is 5.02. The SMILES string of the molecule is CC(C)c1ccc(NC(=O)c2cccc(NC3=C(Cl)C(=O)N(Cc4ccccc4)C3=O)c2)cc1. The van der Waals surface area contributed by atoms with Crippen LogP contribution in [-0.4, -0.2) is 22.6 Å². The Hall–Kier alpha value is -3.90. The van der Waals surface area contributed by atoms with Crippen molar-refractivity contribution in [1.29, 1.82) is 0 Å². The molecule has 0 saturated carbocycles. The van der Waals surface area contributed by atoms with Gasteiger partial charge in [0.25, 0.3) is 17.7 Å². The van der Waals surface area contributed by atoms with Gasteiger partial charge in [0, 0.05) is 16.9 Å². The summed E-state index contributed by atoms with van der Waals surface area (Å²) in [6.45, 7) is 4.34. The molecular formula is C27H24ClN3O3. The van der Waals surface area contributed by atoms with Crippen molar-refractivity contribution in [3.05, 3.63) is 106 Å². The number of nitrogens with one attached hydrogen (secondary N) is 2. The molecule has 3 aromatic rings. The first-order valence-electron chi connectivity index (χ1n) is 10.9. The second kappa shape index (κ2) is 9.93. The molecule has 7 heteroatoms. The fraction of sp³-hybridized carbons (Fsp3) is 0.148. The van der Waals surface area contributed by atoms with Gasteiger partial charge in [-0.15, -0.1) is 0 Å². The highest BCUT2D eigenvalue weighted by molar-refractivity contribution is 6.48. The highest BCUT2D eigenvalue weighted by Crippen LogP contribution is 2.27. The van der Waals surface area contributed by atoms with Gasteiger partial charge in [-0.3, -0.25) is 19.3 Å². The maximum absolute atomic E-state index is 12.9. The molecule has 0 aromatic heterocycles. The first kappa shape index (κ1) is 23.3. The normalized spacial score (nSPS) is 13.6. The van der Waals surface area contributed by atoms with Crippen molar-refractivity contribution >= 4 is 40.7 Å². The first-order valence-corrected chi connectivity index (χ1v) is 11.3. The van der Waals surface area contributed by atoms with Gasteiger partial charge in [-0.2, -0.15) is 0 Å². The quantitative estimate of drug-likeness (QED) is 0.444. The van der Waals surface area contributed by atoms with E-state index in [2.05, 4.69) is 24.5 Å². The van der Waals surface area contributed by atoms with Crippen molar-refractivity contribution < 1.29 is 14.4 Å². The van der Waals surface area contributed by atoms with E-state index in [1.165, 1.54) is 5.56 Å². The average Bonchev–Trinajstić information content (AvgIpc) is 3.03. The number of hydrogen-bond donors (Lipinski definition) is 2. The summed E-state index contributed by atoms with van der Waals surface area (Å²) in [4.78, 5) is 39.3. The lowest BCUT2D eigenvalue weighted by Gasteiger charge is -2.15. The van der Waals surface area contributed by atoms with Crippen LogP contribution in [0.15, 0.2) is 89.6 Å². The maximum Gasteiger partial charge on any atom is 0.279 e. The van der Waals surface area contributed by atoms with Crippen molar-refractivity contribution in [3.63, 3.8) is 0 Å². The Bertz CT molecular complexity index is 1270. The number of hydrogen-bond acceptors (Lipinski definition) is 4. The van der Waals surface area contributed by atoms with E-state index in [-0.39, 0.29) is 23.2 Å². The van der Waals surface area contributed by atoms with Crippen LogP contribution < -0.4 is 10.6 Å². The van der Waals surface area contributed by atoms with Gasteiger partial charge in [0.15, 0.2) is 0 Å². The average molecular weight is 474 g/mol. The molecular weight excluding hydrogens is 450 g/mol. The van der Waals surface area contributed by atoms with Gasteiger partial charge in [0.1, 0.15) is 10.7 Å². The smallest absolute Gasteiger partial charge is 0.279 e. The second-order valence-electron chi connectivity index (χ2n) is 8.31. The van der Waals surface area contributed by atoms with E-state index in [1.54, 1.807) is 24.3 Å². The molecule has 0 saturated heterocycles. The number of nitrogens with zero attached hydrogens (tertiary/aromatic N) is 1. The number of halogens is 1. The molecule has 0 unspecified atom stereocenters.